The van der Waals surface area contributed by atoms with Crippen molar-refractivity contribution >= 4 is 17.9 Å². The van der Waals surface area contributed by atoms with Gasteiger partial charge in [-0.25, -0.2) is 9.59 Å². The van der Waals surface area contributed by atoms with Crippen LogP contribution in [0.15, 0.2) is 18.2 Å². The molecule has 1 aliphatic rings. The number of rotatable bonds is 4. The van der Waals surface area contributed by atoms with Crippen LogP contribution in [0.3, 0.4) is 0 Å². The van der Waals surface area contributed by atoms with Crippen molar-refractivity contribution in [3.63, 3.8) is 0 Å². The second-order valence-electron chi connectivity index (χ2n) is 6.59. The van der Waals surface area contributed by atoms with E-state index in [9.17, 15) is 14.4 Å². The summed E-state index contributed by atoms with van der Waals surface area (Å²) < 4.78 is 5.19. The molecule has 1 aliphatic carbocycles. The third kappa shape index (κ3) is 5.31. The number of hydrogen-bond acceptors (Lipinski definition) is 4. The zero-order chi connectivity index (χ0) is 18.4. The molecule has 1 aromatic carbocycles. The smallest absolute Gasteiger partial charge is 0.339 e. The highest BCUT2D eigenvalue weighted by Crippen LogP contribution is 2.17. The molecule has 3 amide bonds. The molecular weight excluding hydrogens is 320 g/mol. The number of hydrogen-bond donors (Lipinski definition) is 2. The van der Waals surface area contributed by atoms with Crippen LogP contribution in [0.2, 0.25) is 0 Å². The maximum absolute atomic E-state index is 12.2. The first-order valence-electron chi connectivity index (χ1n) is 8.77. The Bertz CT molecular complexity index is 651. The molecule has 0 bridgehead atoms. The van der Waals surface area contributed by atoms with E-state index in [4.69, 9.17) is 4.74 Å². The van der Waals surface area contributed by atoms with Gasteiger partial charge in [-0.1, -0.05) is 31.4 Å². The lowest BCUT2D eigenvalue weighted by molar-refractivity contribution is -0.127. The Labute approximate surface area is 148 Å². The van der Waals surface area contributed by atoms with E-state index < -0.39 is 24.0 Å². The minimum atomic E-state index is -1.05. The lowest BCUT2D eigenvalue weighted by Crippen LogP contribution is -2.48. The van der Waals surface area contributed by atoms with Crippen molar-refractivity contribution in [3.05, 3.63) is 34.9 Å². The van der Waals surface area contributed by atoms with E-state index in [0.29, 0.717) is 5.56 Å². The molecule has 0 aliphatic heterocycles. The number of nitrogens with one attached hydrogen (secondary N) is 2. The fourth-order valence-electron chi connectivity index (χ4n) is 2.93. The average molecular weight is 346 g/mol. The van der Waals surface area contributed by atoms with E-state index in [-0.39, 0.29) is 6.04 Å². The van der Waals surface area contributed by atoms with Crippen LogP contribution in [0, 0.1) is 13.8 Å². The van der Waals surface area contributed by atoms with Gasteiger partial charge in [-0.15, -0.1) is 0 Å². The summed E-state index contributed by atoms with van der Waals surface area (Å²) in [5.74, 6) is -1.21. The van der Waals surface area contributed by atoms with Crippen LogP contribution >= 0.6 is 0 Å². The van der Waals surface area contributed by atoms with Crippen LogP contribution in [0.4, 0.5) is 4.79 Å². The lowest BCUT2D eigenvalue weighted by atomic mass is 9.96. The van der Waals surface area contributed by atoms with Gasteiger partial charge in [-0.2, -0.15) is 0 Å². The van der Waals surface area contributed by atoms with Crippen molar-refractivity contribution < 1.29 is 19.1 Å². The van der Waals surface area contributed by atoms with Gasteiger partial charge in [0.2, 0.25) is 0 Å². The van der Waals surface area contributed by atoms with Crippen LogP contribution in [-0.2, 0) is 9.53 Å². The molecule has 1 saturated carbocycles. The Morgan fingerprint density at radius 2 is 1.80 bits per heavy atom. The maximum Gasteiger partial charge on any atom is 0.339 e. The van der Waals surface area contributed by atoms with Crippen molar-refractivity contribution in [2.45, 2.75) is 65.0 Å². The Kier molecular flexibility index (Phi) is 6.56. The Balaban J connectivity index is 1.85. The third-order valence-electron chi connectivity index (χ3n) is 4.65. The molecule has 25 heavy (non-hydrogen) atoms. The molecule has 6 nitrogen and oxygen atoms in total. The number of esters is 1. The molecule has 0 saturated heterocycles. The molecule has 2 rings (SSSR count). The predicted molar refractivity (Wildman–Crippen MR) is 94.3 cm³/mol. The summed E-state index contributed by atoms with van der Waals surface area (Å²) in [6, 6.07) is 4.89. The Hall–Kier alpha value is -2.37. The van der Waals surface area contributed by atoms with E-state index >= 15 is 0 Å². The quantitative estimate of drug-likeness (QED) is 0.821. The van der Waals surface area contributed by atoms with Gasteiger partial charge in [-0.3, -0.25) is 10.1 Å². The predicted octanol–water partition coefficient (Wildman–Crippen LogP) is 3.01. The summed E-state index contributed by atoms with van der Waals surface area (Å²) in [6.45, 7) is 5.18. The second kappa shape index (κ2) is 8.65. The highest BCUT2D eigenvalue weighted by Gasteiger charge is 2.23. The van der Waals surface area contributed by atoms with Gasteiger partial charge in [0.05, 0.1) is 5.56 Å². The Morgan fingerprint density at radius 1 is 1.12 bits per heavy atom. The van der Waals surface area contributed by atoms with Crippen LogP contribution in [0.5, 0.6) is 0 Å². The molecule has 2 N–H and O–H groups in total. The summed E-state index contributed by atoms with van der Waals surface area (Å²) in [5, 5.41) is 5.04. The molecule has 0 aromatic heterocycles. The molecule has 6 heteroatoms. The minimum Gasteiger partial charge on any atom is -0.449 e. The van der Waals surface area contributed by atoms with E-state index in [0.717, 1.165) is 36.8 Å². The van der Waals surface area contributed by atoms with Crippen LogP contribution in [0.1, 0.15) is 60.5 Å². The average Bonchev–Trinajstić information content (AvgIpc) is 2.57. The summed E-state index contributed by atoms with van der Waals surface area (Å²) >= 11 is 0. The first kappa shape index (κ1) is 19.0. The summed E-state index contributed by atoms with van der Waals surface area (Å²) in [4.78, 5) is 36.2. The van der Waals surface area contributed by atoms with E-state index in [1.54, 1.807) is 12.1 Å². The maximum atomic E-state index is 12.2. The van der Waals surface area contributed by atoms with Gasteiger partial charge in [-0.05, 0) is 50.8 Å². The second-order valence-corrected chi connectivity index (χ2v) is 6.59. The number of urea groups is 1. The van der Waals surface area contributed by atoms with Crippen molar-refractivity contribution in [2.75, 3.05) is 0 Å². The summed E-state index contributed by atoms with van der Waals surface area (Å²) in [6.07, 6.45) is 4.16. The highest BCUT2D eigenvalue weighted by molar-refractivity contribution is 5.99. The number of carbonyl (C=O) groups excluding carboxylic acids is 3. The first-order valence-corrected chi connectivity index (χ1v) is 8.77. The molecule has 0 spiro atoms. The molecule has 0 radical (unpaired) electrons. The molecule has 1 fully saturated rings. The molecule has 1 atom stereocenters. The van der Waals surface area contributed by atoms with E-state index in [1.807, 2.05) is 19.9 Å². The normalized spacial score (nSPS) is 16.0. The van der Waals surface area contributed by atoms with Gasteiger partial charge >= 0.3 is 12.0 Å². The van der Waals surface area contributed by atoms with Crippen LogP contribution in [0.25, 0.3) is 0 Å². The molecule has 1 aromatic rings. The molecule has 136 valence electrons. The van der Waals surface area contributed by atoms with Gasteiger partial charge in [0, 0.05) is 6.04 Å². The van der Waals surface area contributed by atoms with Gasteiger partial charge in [0.15, 0.2) is 6.10 Å². The van der Waals surface area contributed by atoms with E-state index in [1.165, 1.54) is 13.3 Å². The number of amides is 3. The van der Waals surface area contributed by atoms with Gasteiger partial charge in [0.1, 0.15) is 0 Å². The van der Waals surface area contributed by atoms with Crippen LogP contribution < -0.4 is 10.6 Å². The number of imide groups is 1. The van der Waals surface area contributed by atoms with Crippen molar-refractivity contribution in [1.29, 1.82) is 0 Å². The zero-order valence-electron chi connectivity index (χ0n) is 15.1. The van der Waals surface area contributed by atoms with Crippen molar-refractivity contribution in [3.8, 4) is 0 Å². The standard InChI is InChI=1S/C19H26N2O4/c1-12-8-7-11-16(13(12)2)18(23)25-14(3)17(22)21-19(24)20-15-9-5-4-6-10-15/h7-8,11,14-15H,4-6,9-10H2,1-3H3,(H2,20,21,22,24)/t14-/m0/s1. The first-order chi connectivity index (χ1) is 11.9. The lowest BCUT2D eigenvalue weighted by Gasteiger charge is -2.23. The van der Waals surface area contributed by atoms with E-state index in [2.05, 4.69) is 10.6 Å². The number of ether oxygens (including phenoxy) is 1. The SMILES string of the molecule is Cc1cccc(C(=O)O[C@@H](C)C(=O)NC(=O)NC2CCCCC2)c1C. The van der Waals surface area contributed by atoms with Crippen molar-refractivity contribution in [2.24, 2.45) is 0 Å². The summed E-state index contributed by atoms with van der Waals surface area (Å²) in [5.41, 5.74) is 2.21. The zero-order valence-corrected chi connectivity index (χ0v) is 15.1. The fourth-order valence-corrected chi connectivity index (χ4v) is 2.93. The number of carbonyl (C=O) groups is 3. The molecule has 0 heterocycles. The number of aryl methyl sites for hydroxylation is 1. The van der Waals surface area contributed by atoms with Crippen molar-refractivity contribution in [1.82, 2.24) is 10.6 Å². The van der Waals surface area contributed by atoms with Gasteiger partial charge in [0.25, 0.3) is 5.91 Å². The molecule has 0 unspecified atom stereocenters. The van der Waals surface area contributed by atoms with Crippen LogP contribution in [-0.4, -0.2) is 30.1 Å². The third-order valence-corrected chi connectivity index (χ3v) is 4.65. The largest absolute Gasteiger partial charge is 0.449 e. The number of benzene rings is 1. The van der Waals surface area contributed by atoms with Gasteiger partial charge < -0.3 is 10.1 Å². The topological polar surface area (TPSA) is 84.5 Å². The minimum absolute atomic E-state index is 0.106. The highest BCUT2D eigenvalue weighted by atomic mass is 16.5. The Morgan fingerprint density at radius 3 is 2.48 bits per heavy atom. The summed E-state index contributed by atoms with van der Waals surface area (Å²) in [7, 11) is 0. The fraction of sp³-hybridized carbons (Fsp3) is 0.526. The monoisotopic (exact) mass is 346 g/mol. The molecular formula is C19H26N2O4.